The molecule has 1 saturated heterocycles. The minimum atomic E-state index is 0.529. The standard InChI is InChI=1S/C10H23N3/c1-4-13(9(2)7-11)10-5-6-12(3)8-10/h9-10H,4-8,11H2,1-3H3. The Morgan fingerprint density at radius 3 is 2.69 bits per heavy atom. The van der Waals surface area contributed by atoms with Crippen LogP contribution in [-0.2, 0) is 0 Å². The molecule has 0 spiro atoms. The van der Waals surface area contributed by atoms with Crippen molar-refractivity contribution in [1.82, 2.24) is 9.80 Å². The van der Waals surface area contributed by atoms with Crippen LogP contribution in [0.5, 0.6) is 0 Å². The molecule has 78 valence electrons. The van der Waals surface area contributed by atoms with Gasteiger partial charge in [-0.1, -0.05) is 6.92 Å². The zero-order chi connectivity index (χ0) is 9.84. The van der Waals surface area contributed by atoms with Crippen molar-refractivity contribution in [2.75, 3.05) is 33.2 Å². The maximum atomic E-state index is 5.70. The van der Waals surface area contributed by atoms with Crippen LogP contribution < -0.4 is 5.73 Å². The summed E-state index contributed by atoms with van der Waals surface area (Å²) >= 11 is 0. The normalized spacial score (nSPS) is 27.0. The second-order valence-corrected chi connectivity index (χ2v) is 4.12. The first-order valence-corrected chi connectivity index (χ1v) is 5.33. The highest BCUT2D eigenvalue weighted by molar-refractivity contribution is 4.84. The lowest BCUT2D eigenvalue weighted by atomic mass is 10.1. The van der Waals surface area contributed by atoms with Crippen molar-refractivity contribution in [1.29, 1.82) is 0 Å². The average molecular weight is 185 g/mol. The fraction of sp³-hybridized carbons (Fsp3) is 1.00. The molecule has 0 aliphatic carbocycles. The lowest BCUT2D eigenvalue weighted by molar-refractivity contribution is 0.158. The van der Waals surface area contributed by atoms with Crippen molar-refractivity contribution in [2.45, 2.75) is 32.4 Å². The highest BCUT2D eigenvalue weighted by Gasteiger charge is 2.26. The van der Waals surface area contributed by atoms with Crippen LogP contribution in [0.4, 0.5) is 0 Å². The van der Waals surface area contributed by atoms with Crippen LogP contribution in [0.15, 0.2) is 0 Å². The van der Waals surface area contributed by atoms with E-state index in [9.17, 15) is 0 Å². The number of rotatable bonds is 4. The molecular weight excluding hydrogens is 162 g/mol. The Labute approximate surface area is 81.9 Å². The van der Waals surface area contributed by atoms with Gasteiger partial charge in [0, 0.05) is 25.2 Å². The summed E-state index contributed by atoms with van der Waals surface area (Å²) in [7, 11) is 2.20. The molecule has 2 N–H and O–H groups in total. The number of hydrogen-bond donors (Lipinski definition) is 1. The van der Waals surface area contributed by atoms with Gasteiger partial charge in [0.05, 0.1) is 0 Å². The van der Waals surface area contributed by atoms with Crippen molar-refractivity contribution in [2.24, 2.45) is 5.73 Å². The Kier molecular flexibility index (Phi) is 4.16. The van der Waals surface area contributed by atoms with E-state index in [4.69, 9.17) is 5.73 Å². The molecule has 2 atom stereocenters. The molecule has 1 heterocycles. The van der Waals surface area contributed by atoms with Crippen LogP contribution in [0.3, 0.4) is 0 Å². The summed E-state index contributed by atoms with van der Waals surface area (Å²) in [6.45, 7) is 8.79. The number of hydrogen-bond acceptors (Lipinski definition) is 3. The molecule has 1 fully saturated rings. The van der Waals surface area contributed by atoms with Crippen LogP contribution in [0.25, 0.3) is 0 Å². The van der Waals surface area contributed by atoms with Gasteiger partial charge in [-0.05, 0) is 33.5 Å². The molecule has 0 aromatic carbocycles. The molecule has 2 unspecified atom stereocenters. The Bertz CT molecular complexity index is 149. The number of likely N-dealkylation sites (N-methyl/N-ethyl adjacent to an activating group) is 2. The zero-order valence-electron chi connectivity index (χ0n) is 9.16. The van der Waals surface area contributed by atoms with Gasteiger partial charge in [0.15, 0.2) is 0 Å². The molecule has 3 nitrogen and oxygen atoms in total. The summed E-state index contributed by atoms with van der Waals surface area (Å²) in [5.74, 6) is 0. The third-order valence-corrected chi connectivity index (χ3v) is 3.11. The zero-order valence-corrected chi connectivity index (χ0v) is 9.16. The van der Waals surface area contributed by atoms with Gasteiger partial charge < -0.3 is 10.6 Å². The topological polar surface area (TPSA) is 32.5 Å². The van der Waals surface area contributed by atoms with Gasteiger partial charge in [0.25, 0.3) is 0 Å². The Morgan fingerprint density at radius 2 is 2.31 bits per heavy atom. The maximum absolute atomic E-state index is 5.70. The predicted molar refractivity (Wildman–Crippen MR) is 56.8 cm³/mol. The molecule has 1 aliphatic heterocycles. The van der Waals surface area contributed by atoms with Crippen molar-refractivity contribution < 1.29 is 0 Å². The fourth-order valence-electron chi connectivity index (χ4n) is 2.25. The van der Waals surface area contributed by atoms with E-state index in [0.717, 1.165) is 19.1 Å². The molecular formula is C10H23N3. The Hall–Kier alpha value is -0.120. The van der Waals surface area contributed by atoms with Crippen molar-refractivity contribution in [3.05, 3.63) is 0 Å². The fourth-order valence-corrected chi connectivity index (χ4v) is 2.25. The summed E-state index contributed by atoms with van der Waals surface area (Å²) < 4.78 is 0. The van der Waals surface area contributed by atoms with E-state index in [-0.39, 0.29) is 0 Å². The lowest BCUT2D eigenvalue weighted by Crippen LogP contribution is -2.46. The Balaban J connectivity index is 2.46. The van der Waals surface area contributed by atoms with Gasteiger partial charge in [-0.2, -0.15) is 0 Å². The van der Waals surface area contributed by atoms with Gasteiger partial charge in [0.2, 0.25) is 0 Å². The van der Waals surface area contributed by atoms with Gasteiger partial charge in [-0.3, -0.25) is 4.90 Å². The van der Waals surface area contributed by atoms with Crippen molar-refractivity contribution in [3.63, 3.8) is 0 Å². The summed E-state index contributed by atoms with van der Waals surface area (Å²) in [6, 6.07) is 1.26. The third kappa shape index (κ3) is 2.66. The first-order valence-electron chi connectivity index (χ1n) is 5.33. The predicted octanol–water partition coefficient (Wildman–Crippen LogP) is 0.360. The van der Waals surface area contributed by atoms with Crippen LogP contribution in [0.1, 0.15) is 20.3 Å². The van der Waals surface area contributed by atoms with Crippen LogP contribution >= 0.6 is 0 Å². The van der Waals surface area contributed by atoms with E-state index < -0.39 is 0 Å². The molecule has 3 heteroatoms. The molecule has 0 saturated carbocycles. The molecule has 13 heavy (non-hydrogen) atoms. The van der Waals surface area contributed by atoms with Gasteiger partial charge in [-0.15, -0.1) is 0 Å². The van der Waals surface area contributed by atoms with E-state index in [0.29, 0.717) is 6.04 Å². The average Bonchev–Trinajstić information content (AvgIpc) is 2.53. The van der Waals surface area contributed by atoms with Crippen LogP contribution in [0.2, 0.25) is 0 Å². The van der Waals surface area contributed by atoms with E-state index >= 15 is 0 Å². The molecule has 0 amide bonds. The smallest absolute Gasteiger partial charge is 0.0238 e. The molecule has 0 aromatic heterocycles. The van der Waals surface area contributed by atoms with E-state index in [1.807, 2.05) is 0 Å². The highest BCUT2D eigenvalue weighted by atomic mass is 15.3. The second-order valence-electron chi connectivity index (χ2n) is 4.12. The van der Waals surface area contributed by atoms with Crippen molar-refractivity contribution in [3.8, 4) is 0 Å². The third-order valence-electron chi connectivity index (χ3n) is 3.11. The monoisotopic (exact) mass is 185 g/mol. The minimum absolute atomic E-state index is 0.529. The minimum Gasteiger partial charge on any atom is -0.329 e. The van der Waals surface area contributed by atoms with Crippen LogP contribution in [-0.4, -0.2) is 55.1 Å². The molecule has 0 bridgehead atoms. The SMILES string of the molecule is CCN(C(C)CN)C1CCN(C)C1. The summed E-state index contributed by atoms with van der Waals surface area (Å²) in [5, 5.41) is 0. The molecule has 0 aromatic rings. The van der Waals surface area contributed by atoms with E-state index in [2.05, 4.69) is 30.7 Å². The lowest BCUT2D eigenvalue weighted by Gasteiger charge is -2.32. The highest BCUT2D eigenvalue weighted by Crippen LogP contribution is 2.15. The molecule has 0 radical (unpaired) electrons. The van der Waals surface area contributed by atoms with E-state index in [1.54, 1.807) is 0 Å². The van der Waals surface area contributed by atoms with Gasteiger partial charge in [-0.25, -0.2) is 0 Å². The molecule has 1 rings (SSSR count). The Morgan fingerprint density at radius 1 is 1.62 bits per heavy atom. The summed E-state index contributed by atoms with van der Waals surface area (Å²) in [5.41, 5.74) is 5.70. The quantitative estimate of drug-likeness (QED) is 0.686. The first kappa shape index (κ1) is 11.0. The number of likely N-dealkylation sites (tertiary alicyclic amines) is 1. The summed E-state index contributed by atoms with van der Waals surface area (Å²) in [6.07, 6.45) is 1.30. The molecule has 1 aliphatic rings. The maximum Gasteiger partial charge on any atom is 0.0238 e. The number of nitrogens with two attached hydrogens (primary N) is 1. The number of nitrogens with zero attached hydrogens (tertiary/aromatic N) is 2. The van der Waals surface area contributed by atoms with E-state index in [1.165, 1.54) is 19.5 Å². The largest absolute Gasteiger partial charge is 0.329 e. The van der Waals surface area contributed by atoms with Gasteiger partial charge in [0.1, 0.15) is 0 Å². The van der Waals surface area contributed by atoms with Gasteiger partial charge >= 0.3 is 0 Å². The first-order chi connectivity index (χ1) is 6.19. The van der Waals surface area contributed by atoms with Crippen molar-refractivity contribution >= 4 is 0 Å². The second kappa shape index (κ2) is 4.94. The summed E-state index contributed by atoms with van der Waals surface area (Å²) in [4.78, 5) is 4.93. The van der Waals surface area contributed by atoms with Crippen LogP contribution in [0, 0.1) is 0 Å².